The lowest BCUT2D eigenvalue weighted by Gasteiger charge is -2.40. The van der Waals surface area contributed by atoms with Gasteiger partial charge in [0.05, 0.1) is 0 Å². The molecule has 2 saturated heterocycles. The van der Waals surface area contributed by atoms with E-state index in [-0.39, 0.29) is 0 Å². The Hall–Kier alpha value is -2.20. The highest BCUT2D eigenvalue weighted by atomic mass is 19.4. The van der Waals surface area contributed by atoms with Crippen LogP contribution in [0.4, 0.5) is 13.2 Å². The fourth-order valence-corrected chi connectivity index (χ4v) is 3.29. The summed E-state index contributed by atoms with van der Waals surface area (Å²) in [5.74, 6) is 4.22. The van der Waals surface area contributed by atoms with Crippen molar-refractivity contribution in [2.24, 2.45) is 0 Å². The van der Waals surface area contributed by atoms with Gasteiger partial charge in [-0.15, -0.1) is 5.92 Å². The predicted octanol–water partition coefficient (Wildman–Crippen LogP) is 3.74. The first-order valence-electron chi connectivity index (χ1n) is 8.53. The first-order chi connectivity index (χ1) is 12.3. The zero-order chi connectivity index (χ0) is 19.2. The molecule has 3 atom stereocenters. The van der Waals surface area contributed by atoms with E-state index in [2.05, 4.69) is 17.2 Å². The zero-order valence-corrected chi connectivity index (χ0v) is 14.5. The van der Waals surface area contributed by atoms with Crippen LogP contribution in [-0.4, -0.2) is 35.4 Å². The minimum atomic E-state index is -5.08. The zero-order valence-electron chi connectivity index (χ0n) is 14.5. The molecule has 0 saturated carbocycles. The summed E-state index contributed by atoms with van der Waals surface area (Å²) in [7, 11) is 0. The van der Waals surface area contributed by atoms with Gasteiger partial charge in [-0.1, -0.05) is 18.4 Å². The van der Waals surface area contributed by atoms with E-state index in [4.69, 9.17) is 14.6 Å². The Bertz CT molecular complexity index is 667. The Kier molecular flexibility index (Phi) is 6.92. The van der Waals surface area contributed by atoms with E-state index in [1.165, 1.54) is 19.3 Å². The number of ether oxygens (including phenoxy) is 1. The Morgan fingerprint density at radius 1 is 1.27 bits per heavy atom. The predicted molar refractivity (Wildman–Crippen MR) is 90.9 cm³/mol. The number of aliphatic carboxylic acids is 1. The molecule has 0 aromatic heterocycles. The SMILES string of the molecule is CC#Cc1cccc(O[C@@H]2C[C@H]3CCC[C@@H](C2)N3)c1.O=C(O)C(F)(F)F. The summed E-state index contributed by atoms with van der Waals surface area (Å²) < 4.78 is 37.9. The van der Waals surface area contributed by atoms with E-state index in [0.29, 0.717) is 18.2 Å². The molecule has 0 aliphatic carbocycles. The average Bonchev–Trinajstić information content (AvgIpc) is 2.55. The molecule has 142 valence electrons. The molecule has 2 aliphatic rings. The van der Waals surface area contributed by atoms with E-state index in [1.807, 2.05) is 31.2 Å². The second-order valence-corrected chi connectivity index (χ2v) is 6.41. The van der Waals surface area contributed by atoms with Crippen LogP contribution in [0.15, 0.2) is 24.3 Å². The molecule has 2 heterocycles. The molecule has 2 bridgehead atoms. The summed E-state index contributed by atoms with van der Waals surface area (Å²) in [6, 6.07) is 9.47. The number of halogens is 3. The fourth-order valence-electron chi connectivity index (χ4n) is 3.29. The number of nitrogens with one attached hydrogen (secondary N) is 1. The van der Waals surface area contributed by atoms with Crippen LogP contribution in [0.3, 0.4) is 0 Å². The summed E-state index contributed by atoms with van der Waals surface area (Å²) in [5, 5.41) is 10.8. The number of hydrogen-bond donors (Lipinski definition) is 2. The van der Waals surface area contributed by atoms with Gasteiger partial charge in [0.15, 0.2) is 0 Å². The molecule has 2 aliphatic heterocycles. The highest BCUT2D eigenvalue weighted by Gasteiger charge is 2.38. The van der Waals surface area contributed by atoms with Gasteiger partial charge in [0, 0.05) is 17.6 Å². The van der Waals surface area contributed by atoms with Gasteiger partial charge in [-0.2, -0.15) is 13.2 Å². The van der Waals surface area contributed by atoms with Crippen LogP contribution in [0, 0.1) is 11.8 Å². The summed E-state index contributed by atoms with van der Waals surface area (Å²) in [6.07, 6.45) is 1.54. The highest BCUT2D eigenvalue weighted by Crippen LogP contribution is 2.28. The molecule has 3 rings (SSSR count). The maximum Gasteiger partial charge on any atom is 0.490 e. The largest absolute Gasteiger partial charge is 0.490 e. The van der Waals surface area contributed by atoms with E-state index in [1.54, 1.807) is 0 Å². The van der Waals surface area contributed by atoms with E-state index < -0.39 is 12.1 Å². The third-order valence-corrected chi connectivity index (χ3v) is 4.32. The number of piperidine rings is 2. The van der Waals surface area contributed by atoms with Crippen molar-refractivity contribution in [3.05, 3.63) is 29.8 Å². The van der Waals surface area contributed by atoms with Crippen molar-refractivity contribution >= 4 is 5.97 Å². The van der Waals surface area contributed by atoms with Gasteiger partial charge in [-0.05, 0) is 50.8 Å². The minimum Gasteiger partial charge on any atom is -0.490 e. The van der Waals surface area contributed by atoms with Gasteiger partial charge in [0.2, 0.25) is 0 Å². The van der Waals surface area contributed by atoms with E-state index in [9.17, 15) is 13.2 Å². The first-order valence-corrected chi connectivity index (χ1v) is 8.53. The number of benzene rings is 1. The number of rotatable bonds is 2. The monoisotopic (exact) mass is 369 g/mol. The molecule has 0 amide bonds. The molecule has 26 heavy (non-hydrogen) atoms. The molecular formula is C19H22F3NO3. The maximum atomic E-state index is 10.6. The first kappa shape index (κ1) is 20.1. The third kappa shape index (κ3) is 6.26. The van der Waals surface area contributed by atoms with Crippen molar-refractivity contribution < 1.29 is 27.8 Å². The highest BCUT2D eigenvalue weighted by molar-refractivity contribution is 5.73. The van der Waals surface area contributed by atoms with E-state index >= 15 is 0 Å². The van der Waals surface area contributed by atoms with Gasteiger partial charge < -0.3 is 15.2 Å². The van der Waals surface area contributed by atoms with Gasteiger partial charge in [-0.3, -0.25) is 0 Å². The number of alkyl halides is 3. The van der Waals surface area contributed by atoms with Crippen LogP contribution < -0.4 is 10.1 Å². The van der Waals surface area contributed by atoms with Gasteiger partial charge >= 0.3 is 12.1 Å². The second kappa shape index (κ2) is 8.95. The molecule has 2 fully saturated rings. The van der Waals surface area contributed by atoms with Gasteiger partial charge in [0.25, 0.3) is 0 Å². The standard InChI is InChI=1S/C17H21NO.C2HF3O2/c1-2-5-13-6-3-9-16(10-13)19-17-11-14-7-4-8-15(12-17)18-14;3-2(4,5)1(6)7/h3,6,9-10,14-15,17-18H,4,7-8,11-12H2,1H3;(H,6,7)/t14-,15+,17-;. The Balaban J connectivity index is 0.000000298. The molecule has 0 unspecified atom stereocenters. The van der Waals surface area contributed by atoms with Gasteiger partial charge in [-0.25, -0.2) is 4.79 Å². The van der Waals surface area contributed by atoms with Crippen molar-refractivity contribution in [3.8, 4) is 17.6 Å². The quantitative estimate of drug-likeness (QED) is 0.780. The normalized spacial score (nSPS) is 24.4. The molecular weight excluding hydrogens is 347 g/mol. The lowest BCUT2D eigenvalue weighted by atomic mass is 9.85. The molecule has 1 aromatic rings. The van der Waals surface area contributed by atoms with Gasteiger partial charge in [0.1, 0.15) is 11.9 Å². The van der Waals surface area contributed by atoms with E-state index in [0.717, 1.165) is 24.2 Å². The lowest BCUT2D eigenvalue weighted by molar-refractivity contribution is -0.192. The van der Waals surface area contributed by atoms with Crippen LogP contribution in [0.25, 0.3) is 0 Å². The van der Waals surface area contributed by atoms with Crippen molar-refractivity contribution in [2.75, 3.05) is 0 Å². The lowest BCUT2D eigenvalue weighted by Crippen LogP contribution is -2.51. The van der Waals surface area contributed by atoms with Crippen molar-refractivity contribution in [2.45, 2.75) is 63.4 Å². The summed E-state index contributed by atoms with van der Waals surface area (Å²) in [6.45, 7) is 1.86. The van der Waals surface area contributed by atoms with Crippen LogP contribution in [-0.2, 0) is 4.79 Å². The van der Waals surface area contributed by atoms with Crippen molar-refractivity contribution in [1.29, 1.82) is 0 Å². The molecule has 2 N–H and O–H groups in total. The topological polar surface area (TPSA) is 58.6 Å². The maximum absolute atomic E-state index is 10.6. The number of carboxylic acids is 1. The number of carbonyl (C=O) groups is 1. The third-order valence-electron chi connectivity index (χ3n) is 4.32. The van der Waals surface area contributed by atoms with Crippen LogP contribution in [0.2, 0.25) is 0 Å². The number of hydrogen-bond acceptors (Lipinski definition) is 3. The van der Waals surface area contributed by atoms with Crippen molar-refractivity contribution in [3.63, 3.8) is 0 Å². The number of fused-ring (bicyclic) bond motifs is 2. The summed E-state index contributed by atoms with van der Waals surface area (Å²) in [5.41, 5.74) is 1.04. The molecule has 0 radical (unpaired) electrons. The fraction of sp³-hybridized carbons (Fsp3) is 0.526. The Labute approximate surface area is 150 Å². The molecule has 4 nitrogen and oxygen atoms in total. The van der Waals surface area contributed by atoms with Crippen LogP contribution in [0.5, 0.6) is 5.75 Å². The Morgan fingerprint density at radius 3 is 2.42 bits per heavy atom. The van der Waals surface area contributed by atoms with Crippen LogP contribution in [0.1, 0.15) is 44.6 Å². The van der Waals surface area contributed by atoms with Crippen molar-refractivity contribution in [1.82, 2.24) is 5.32 Å². The molecule has 7 heteroatoms. The smallest absolute Gasteiger partial charge is 0.490 e. The average molecular weight is 369 g/mol. The minimum absolute atomic E-state index is 0.362. The molecule has 0 spiro atoms. The second-order valence-electron chi connectivity index (χ2n) is 6.41. The summed E-state index contributed by atoms with van der Waals surface area (Å²) >= 11 is 0. The van der Waals surface area contributed by atoms with Crippen LogP contribution >= 0.6 is 0 Å². The molecule has 1 aromatic carbocycles. The Morgan fingerprint density at radius 2 is 1.88 bits per heavy atom. The number of carboxylic acid groups (broad SMARTS) is 1. The summed E-state index contributed by atoms with van der Waals surface area (Å²) in [4.78, 5) is 8.90.